The normalized spacial score (nSPS) is 14.9. The van der Waals surface area contributed by atoms with E-state index in [-0.39, 0.29) is 11.5 Å². The van der Waals surface area contributed by atoms with Crippen LogP contribution in [0.5, 0.6) is 5.75 Å². The highest BCUT2D eigenvalue weighted by molar-refractivity contribution is 6.07. The van der Waals surface area contributed by atoms with Gasteiger partial charge >= 0.3 is 0 Å². The van der Waals surface area contributed by atoms with Crippen LogP contribution in [0.3, 0.4) is 0 Å². The van der Waals surface area contributed by atoms with E-state index < -0.39 is 0 Å². The molecule has 0 saturated carbocycles. The summed E-state index contributed by atoms with van der Waals surface area (Å²) < 4.78 is 7.22. The zero-order valence-electron chi connectivity index (χ0n) is 18.3. The van der Waals surface area contributed by atoms with Crippen LogP contribution in [0.4, 0.5) is 0 Å². The molecule has 1 aliphatic rings. The summed E-state index contributed by atoms with van der Waals surface area (Å²) in [7, 11) is 3.56. The fourth-order valence-electron chi connectivity index (χ4n) is 4.61. The number of nitrogens with one attached hydrogen (secondary N) is 1. The lowest BCUT2D eigenvalue weighted by Crippen LogP contribution is -2.48. The molecule has 1 amide bonds. The van der Waals surface area contributed by atoms with Crippen molar-refractivity contribution in [3.8, 4) is 5.75 Å². The molecule has 1 aliphatic heterocycles. The van der Waals surface area contributed by atoms with Crippen molar-refractivity contribution >= 4 is 27.7 Å². The largest absolute Gasteiger partial charge is 0.497 e. The van der Waals surface area contributed by atoms with Crippen LogP contribution in [0, 0.1) is 0 Å². The molecular weight excluding hydrogens is 404 g/mol. The summed E-state index contributed by atoms with van der Waals surface area (Å²) in [6, 6.07) is 17.4. The maximum Gasteiger partial charge on any atom is 0.270 e. The zero-order valence-corrected chi connectivity index (χ0v) is 18.3. The fourth-order valence-corrected chi connectivity index (χ4v) is 4.61. The lowest BCUT2D eigenvalue weighted by Gasteiger charge is -2.34. The van der Waals surface area contributed by atoms with Gasteiger partial charge in [-0.05, 0) is 29.8 Å². The first-order valence-electron chi connectivity index (χ1n) is 10.8. The molecule has 0 aliphatic carbocycles. The van der Waals surface area contributed by atoms with Crippen LogP contribution in [0.2, 0.25) is 0 Å². The third-order valence-corrected chi connectivity index (χ3v) is 6.33. The molecule has 0 unspecified atom stereocenters. The number of aromatic amines is 1. The van der Waals surface area contributed by atoms with Gasteiger partial charge in [-0.15, -0.1) is 0 Å². The van der Waals surface area contributed by atoms with Gasteiger partial charge in [-0.1, -0.05) is 30.3 Å². The molecule has 7 nitrogen and oxygen atoms in total. The quantitative estimate of drug-likeness (QED) is 0.540. The number of nitrogens with zero attached hydrogens (tertiary/aromatic N) is 3. The molecule has 0 bridgehead atoms. The maximum atomic E-state index is 13.3. The van der Waals surface area contributed by atoms with E-state index in [1.165, 1.54) is 5.56 Å². The van der Waals surface area contributed by atoms with E-state index >= 15 is 0 Å². The molecule has 2 aromatic carbocycles. The zero-order chi connectivity index (χ0) is 22.2. The lowest BCUT2D eigenvalue weighted by molar-refractivity contribution is 0.0619. The van der Waals surface area contributed by atoms with Crippen LogP contribution >= 0.6 is 0 Å². The Bertz CT molecular complexity index is 1360. The highest BCUT2D eigenvalue weighted by Gasteiger charge is 2.25. The summed E-state index contributed by atoms with van der Waals surface area (Å²) in [6.45, 7) is 3.79. The van der Waals surface area contributed by atoms with Crippen molar-refractivity contribution in [2.24, 2.45) is 7.05 Å². The molecule has 3 heterocycles. The number of aryl methyl sites for hydroxylation is 1. The van der Waals surface area contributed by atoms with Crippen LogP contribution in [0.15, 0.2) is 59.4 Å². The smallest absolute Gasteiger partial charge is 0.270 e. The van der Waals surface area contributed by atoms with E-state index in [0.29, 0.717) is 29.7 Å². The van der Waals surface area contributed by atoms with Crippen LogP contribution in [0.1, 0.15) is 16.1 Å². The van der Waals surface area contributed by atoms with E-state index in [1.54, 1.807) is 13.2 Å². The van der Waals surface area contributed by atoms with Crippen molar-refractivity contribution in [3.63, 3.8) is 0 Å². The Hall–Kier alpha value is -3.58. The Morgan fingerprint density at radius 3 is 2.50 bits per heavy atom. The number of piperazine rings is 1. The second-order valence-corrected chi connectivity index (χ2v) is 8.27. The lowest BCUT2D eigenvalue weighted by atomic mass is 10.1. The predicted molar refractivity (Wildman–Crippen MR) is 125 cm³/mol. The molecule has 4 aromatic rings. The number of carbonyl (C=O) groups excluding carboxylic acids is 1. The summed E-state index contributed by atoms with van der Waals surface area (Å²) in [5, 5.41) is 1.49. The fraction of sp³-hybridized carbons (Fsp3) is 0.280. The minimum atomic E-state index is -0.135. The van der Waals surface area contributed by atoms with Crippen molar-refractivity contribution in [3.05, 3.63) is 76.2 Å². The van der Waals surface area contributed by atoms with Gasteiger partial charge in [0.1, 0.15) is 11.4 Å². The van der Waals surface area contributed by atoms with Gasteiger partial charge in [0.15, 0.2) is 0 Å². The number of methoxy groups -OCH3 is 1. The summed E-state index contributed by atoms with van der Waals surface area (Å²) in [6.07, 6.45) is 0. The maximum absolute atomic E-state index is 13.3. The van der Waals surface area contributed by atoms with Crippen molar-refractivity contribution in [2.45, 2.75) is 6.54 Å². The Kier molecular flexibility index (Phi) is 5.19. The molecule has 2 aromatic heterocycles. The van der Waals surface area contributed by atoms with Crippen molar-refractivity contribution < 1.29 is 9.53 Å². The van der Waals surface area contributed by atoms with E-state index in [9.17, 15) is 9.59 Å². The standard InChI is InChI=1S/C25H26N4O3/c1-27-22(15-21-23(27)19-8-3-4-9-20(19)24(30)26-21)25(31)29-12-10-28(11-13-29)16-17-6-5-7-18(14-17)32-2/h3-9,14-15H,10-13,16H2,1-2H3,(H,26,30). The number of hydrogen-bond acceptors (Lipinski definition) is 4. The van der Waals surface area contributed by atoms with E-state index in [2.05, 4.69) is 22.0 Å². The third kappa shape index (κ3) is 3.54. The average Bonchev–Trinajstić information content (AvgIpc) is 3.15. The van der Waals surface area contributed by atoms with E-state index in [0.717, 1.165) is 36.3 Å². The first-order chi connectivity index (χ1) is 15.5. The van der Waals surface area contributed by atoms with Gasteiger partial charge in [-0.3, -0.25) is 14.5 Å². The van der Waals surface area contributed by atoms with Gasteiger partial charge in [0.25, 0.3) is 11.5 Å². The van der Waals surface area contributed by atoms with Crippen LogP contribution in [-0.4, -0.2) is 58.5 Å². The predicted octanol–water partition coefficient (Wildman–Crippen LogP) is 2.99. The Balaban J connectivity index is 1.35. The topological polar surface area (TPSA) is 70.6 Å². The summed E-state index contributed by atoms with van der Waals surface area (Å²) in [5.41, 5.74) is 3.22. The molecular formula is C25H26N4O3. The van der Waals surface area contributed by atoms with Crippen LogP contribution in [-0.2, 0) is 13.6 Å². The summed E-state index contributed by atoms with van der Waals surface area (Å²) >= 11 is 0. The van der Waals surface area contributed by atoms with Crippen molar-refractivity contribution in [2.75, 3.05) is 33.3 Å². The molecule has 0 atom stereocenters. The average molecular weight is 431 g/mol. The van der Waals surface area contributed by atoms with Crippen LogP contribution in [0.25, 0.3) is 21.8 Å². The van der Waals surface area contributed by atoms with Gasteiger partial charge < -0.3 is 19.2 Å². The SMILES string of the molecule is COc1cccc(CN2CCN(C(=O)c3cc4[nH]c(=O)c5ccccc5c4n3C)CC2)c1. The number of amides is 1. The van der Waals surface area contributed by atoms with Gasteiger partial charge in [0.2, 0.25) is 0 Å². The molecule has 0 radical (unpaired) electrons. The van der Waals surface area contributed by atoms with Crippen LogP contribution < -0.4 is 10.3 Å². The Labute approximate surface area is 185 Å². The monoisotopic (exact) mass is 430 g/mol. The minimum absolute atomic E-state index is 0.00494. The summed E-state index contributed by atoms with van der Waals surface area (Å²) in [4.78, 5) is 33.0. The third-order valence-electron chi connectivity index (χ3n) is 6.33. The summed E-state index contributed by atoms with van der Waals surface area (Å²) in [5.74, 6) is 0.854. The van der Waals surface area contributed by atoms with Gasteiger partial charge in [-0.2, -0.15) is 0 Å². The molecule has 0 spiro atoms. The molecule has 1 fully saturated rings. The number of pyridine rings is 1. The highest BCUT2D eigenvalue weighted by atomic mass is 16.5. The molecule has 5 rings (SSSR count). The number of carbonyl (C=O) groups is 1. The number of benzene rings is 2. The van der Waals surface area contributed by atoms with Crippen molar-refractivity contribution in [1.29, 1.82) is 0 Å². The molecule has 1 saturated heterocycles. The molecule has 32 heavy (non-hydrogen) atoms. The molecule has 7 heteroatoms. The highest BCUT2D eigenvalue weighted by Crippen LogP contribution is 2.25. The van der Waals surface area contributed by atoms with Gasteiger partial charge in [0.05, 0.1) is 18.1 Å². The first-order valence-corrected chi connectivity index (χ1v) is 10.8. The number of fused-ring (bicyclic) bond motifs is 3. The number of aromatic nitrogens is 2. The Morgan fingerprint density at radius 1 is 1.00 bits per heavy atom. The molecule has 164 valence electrons. The number of hydrogen-bond donors (Lipinski definition) is 1. The number of H-pyrrole nitrogens is 1. The number of ether oxygens (including phenoxy) is 1. The first kappa shape index (κ1) is 20.3. The number of rotatable bonds is 4. The van der Waals surface area contributed by atoms with Gasteiger partial charge in [-0.25, -0.2) is 0 Å². The molecule has 1 N–H and O–H groups in total. The second-order valence-electron chi connectivity index (χ2n) is 8.27. The second kappa shape index (κ2) is 8.16. The Morgan fingerprint density at radius 2 is 1.75 bits per heavy atom. The minimum Gasteiger partial charge on any atom is -0.497 e. The van der Waals surface area contributed by atoms with Gasteiger partial charge in [0, 0.05) is 50.5 Å². The van der Waals surface area contributed by atoms with E-state index in [1.807, 2.05) is 52.9 Å². The van der Waals surface area contributed by atoms with E-state index in [4.69, 9.17) is 4.74 Å². The van der Waals surface area contributed by atoms with Crippen molar-refractivity contribution in [1.82, 2.24) is 19.4 Å².